The van der Waals surface area contributed by atoms with Gasteiger partial charge < -0.3 is 0 Å². The van der Waals surface area contributed by atoms with Crippen molar-refractivity contribution in [2.24, 2.45) is 0 Å². The molecule has 0 spiro atoms. The van der Waals surface area contributed by atoms with Crippen molar-refractivity contribution in [2.75, 3.05) is 7.11 Å². The Bertz CT molecular complexity index is 801. The second-order valence-electron chi connectivity index (χ2n) is 4.51. The van der Waals surface area contributed by atoms with E-state index in [2.05, 4.69) is 10.1 Å². The molecule has 0 fully saturated rings. The molecule has 0 amide bonds. The first kappa shape index (κ1) is 17.1. The molecule has 118 valence electrons. The average molecular weight is 335 g/mol. The standard InChI is InChI=1S/C14H11F2NO4.CH2.Al/c1-7(18)17-6-10(14(20)21-2)13(19)12(17)9-4-3-8(15)5-11(9)16;;/h3-6,19H,1-2H3;1H2;/q;;+1/p-1. The summed E-state index contributed by atoms with van der Waals surface area (Å²) in [7, 11) is 1.17. The molecular weight excluding hydrogens is 323 g/mol. The fourth-order valence-electron chi connectivity index (χ4n) is 2.13. The van der Waals surface area contributed by atoms with Crippen molar-refractivity contribution in [3.8, 4) is 17.0 Å². The summed E-state index contributed by atoms with van der Waals surface area (Å²) in [6, 6.07) is 2.91. The number of hydrogen-bond acceptors (Lipinski definition) is 4. The van der Waals surface area contributed by atoms with Crippen LogP contribution in [-0.2, 0) is 4.74 Å². The number of halogens is 2. The van der Waals surface area contributed by atoms with Crippen molar-refractivity contribution in [2.45, 2.75) is 6.92 Å². The van der Waals surface area contributed by atoms with Crippen LogP contribution >= 0.6 is 0 Å². The summed E-state index contributed by atoms with van der Waals surface area (Å²) < 4.78 is 38.4. The topological polar surface area (TPSA) is 57.5 Å². The zero-order chi connectivity index (χ0) is 17.1. The molecule has 0 atom stereocenters. The summed E-state index contributed by atoms with van der Waals surface area (Å²) in [6.45, 7) is 1.24. The van der Waals surface area contributed by atoms with Gasteiger partial charge in [-0.1, -0.05) is 0 Å². The first-order valence-corrected chi connectivity index (χ1v) is 7.77. The summed E-state index contributed by atoms with van der Waals surface area (Å²) in [5, 5.41) is 3.59. The summed E-state index contributed by atoms with van der Waals surface area (Å²) in [6.07, 6.45) is 1.21. The van der Waals surface area contributed by atoms with Crippen LogP contribution in [0.5, 0.6) is 5.75 Å². The molecular formula is C15H12AlF2NO4. The Balaban J connectivity index is 2.82. The van der Waals surface area contributed by atoms with Crippen molar-refractivity contribution >= 4 is 32.4 Å². The Morgan fingerprint density at radius 1 is 1.30 bits per heavy atom. The molecule has 0 aliphatic carbocycles. The molecule has 1 aromatic carbocycles. The number of aromatic nitrogens is 1. The van der Waals surface area contributed by atoms with Gasteiger partial charge >= 0.3 is 136 Å². The molecule has 2 rings (SSSR count). The molecule has 0 radical (unpaired) electrons. The molecule has 0 saturated heterocycles. The van der Waals surface area contributed by atoms with Crippen LogP contribution in [0.1, 0.15) is 22.1 Å². The van der Waals surface area contributed by atoms with Gasteiger partial charge in [0.1, 0.15) is 0 Å². The monoisotopic (exact) mass is 335 g/mol. The Hall–Kier alpha value is -2.30. The normalized spacial score (nSPS) is 10.1. The quantitative estimate of drug-likeness (QED) is 0.636. The molecule has 0 bridgehead atoms. The van der Waals surface area contributed by atoms with Crippen molar-refractivity contribution in [1.29, 1.82) is 0 Å². The average Bonchev–Trinajstić information content (AvgIpc) is 2.86. The third kappa shape index (κ3) is 3.23. The Morgan fingerprint density at radius 3 is 2.52 bits per heavy atom. The van der Waals surface area contributed by atoms with Gasteiger partial charge in [0, 0.05) is 0 Å². The summed E-state index contributed by atoms with van der Waals surface area (Å²) in [5.74, 6) is -2.86. The molecule has 1 heterocycles. The SMILES string of the molecule is [CH2]=[Al][O]c1c(C(=O)OC)cn(C(C)=O)c1-c1ccc(F)cc1F. The zero-order valence-corrected chi connectivity index (χ0v) is 13.6. The summed E-state index contributed by atoms with van der Waals surface area (Å²) in [5.41, 5.74) is -0.0799. The van der Waals surface area contributed by atoms with Crippen molar-refractivity contribution in [1.82, 2.24) is 4.57 Å². The van der Waals surface area contributed by atoms with Gasteiger partial charge in [-0.2, -0.15) is 0 Å². The van der Waals surface area contributed by atoms with E-state index in [1.807, 2.05) is 0 Å². The van der Waals surface area contributed by atoms with Gasteiger partial charge in [-0.15, -0.1) is 0 Å². The number of hydrogen-bond donors (Lipinski definition) is 0. The van der Waals surface area contributed by atoms with Gasteiger partial charge in [-0.3, -0.25) is 0 Å². The Morgan fingerprint density at radius 2 is 2.00 bits per heavy atom. The molecule has 1 aromatic heterocycles. The van der Waals surface area contributed by atoms with Gasteiger partial charge in [0.15, 0.2) is 0 Å². The molecule has 23 heavy (non-hydrogen) atoms. The first-order chi connectivity index (χ1) is 10.9. The van der Waals surface area contributed by atoms with Gasteiger partial charge in [-0.05, 0) is 0 Å². The van der Waals surface area contributed by atoms with Gasteiger partial charge in [0.05, 0.1) is 0 Å². The fourth-order valence-corrected chi connectivity index (χ4v) is 2.53. The number of esters is 1. The third-order valence-electron chi connectivity index (χ3n) is 3.09. The predicted molar refractivity (Wildman–Crippen MR) is 80.9 cm³/mol. The minimum atomic E-state index is -0.883. The number of benzene rings is 1. The van der Waals surface area contributed by atoms with Gasteiger partial charge in [0.25, 0.3) is 0 Å². The van der Waals surface area contributed by atoms with E-state index in [1.54, 1.807) is 0 Å². The van der Waals surface area contributed by atoms with Crippen molar-refractivity contribution < 1.29 is 26.9 Å². The second kappa shape index (κ2) is 6.86. The Labute approximate surface area is 137 Å². The van der Waals surface area contributed by atoms with E-state index in [-0.39, 0.29) is 22.6 Å². The van der Waals surface area contributed by atoms with Crippen LogP contribution in [0, 0.1) is 11.6 Å². The third-order valence-corrected chi connectivity index (χ3v) is 3.49. The summed E-state index contributed by atoms with van der Waals surface area (Å²) in [4.78, 5) is 23.7. The van der Waals surface area contributed by atoms with Gasteiger partial charge in [-0.25, -0.2) is 0 Å². The van der Waals surface area contributed by atoms with Crippen LogP contribution in [-0.4, -0.2) is 44.1 Å². The molecule has 5 nitrogen and oxygen atoms in total. The van der Waals surface area contributed by atoms with E-state index >= 15 is 0 Å². The molecule has 2 aromatic rings. The van der Waals surface area contributed by atoms with E-state index in [1.165, 1.54) is 26.3 Å². The maximum atomic E-state index is 14.1. The number of rotatable bonds is 4. The molecule has 0 N–H and O–H groups in total. The van der Waals surface area contributed by atoms with Gasteiger partial charge in [0.2, 0.25) is 0 Å². The van der Waals surface area contributed by atoms with E-state index in [0.29, 0.717) is 6.07 Å². The molecule has 0 aliphatic heterocycles. The minimum absolute atomic E-state index is 0.0115. The van der Waals surface area contributed by atoms with Crippen LogP contribution in [0.15, 0.2) is 24.4 Å². The van der Waals surface area contributed by atoms with E-state index in [4.69, 9.17) is 3.79 Å². The fraction of sp³-hybridized carbons (Fsp3) is 0.133. The van der Waals surface area contributed by atoms with Crippen LogP contribution in [0.4, 0.5) is 8.78 Å². The molecule has 8 heteroatoms. The first-order valence-electron chi connectivity index (χ1n) is 6.48. The summed E-state index contributed by atoms with van der Waals surface area (Å²) >= 11 is -0.796. The molecule has 0 unspecified atom stereocenters. The van der Waals surface area contributed by atoms with Crippen LogP contribution in [0.2, 0.25) is 0 Å². The number of nitrogens with zero attached hydrogens (tertiary/aromatic N) is 1. The van der Waals surface area contributed by atoms with E-state index in [9.17, 15) is 18.4 Å². The van der Waals surface area contributed by atoms with Crippen LogP contribution in [0.25, 0.3) is 11.3 Å². The number of methoxy groups -OCH3 is 1. The predicted octanol–water partition coefficient (Wildman–Crippen LogP) is 2.31. The molecule has 0 aliphatic rings. The van der Waals surface area contributed by atoms with Crippen LogP contribution in [0.3, 0.4) is 0 Å². The maximum absolute atomic E-state index is 14.1. The molecule has 0 saturated carbocycles. The van der Waals surface area contributed by atoms with E-state index in [0.717, 1.165) is 10.6 Å². The number of ether oxygens (including phenoxy) is 1. The van der Waals surface area contributed by atoms with Crippen LogP contribution < -0.4 is 3.79 Å². The number of carbonyl (C=O) groups excluding carboxylic acids is 2. The second-order valence-corrected chi connectivity index (χ2v) is 5.08. The van der Waals surface area contributed by atoms with Crippen molar-refractivity contribution in [3.05, 3.63) is 41.6 Å². The van der Waals surface area contributed by atoms with E-state index < -0.39 is 38.6 Å². The zero-order valence-electron chi connectivity index (χ0n) is 12.4. The Kier molecular flexibility index (Phi) is 5.09. The number of carbonyl (C=O) groups is 2. The van der Waals surface area contributed by atoms with Crippen molar-refractivity contribution in [3.63, 3.8) is 0 Å².